The molecule has 0 aliphatic rings. The first kappa shape index (κ1) is 12.0. The Labute approximate surface area is 104 Å². The summed E-state index contributed by atoms with van der Waals surface area (Å²) in [5, 5.41) is 11.7. The van der Waals surface area contributed by atoms with Crippen molar-refractivity contribution in [1.82, 2.24) is 9.97 Å². The molecule has 1 N–H and O–H groups in total. The normalized spacial score (nSPS) is 9.89. The summed E-state index contributed by atoms with van der Waals surface area (Å²) in [6.07, 6.45) is 0. The van der Waals surface area contributed by atoms with Crippen molar-refractivity contribution in [2.24, 2.45) is 0 Å². The number of nitriles is 1. The molecule has 0 bridgehead atoms. The fraction of sp³-hybridized carbons (Fsp3) is 0.154. The molecule has 0 saturated heterocycles. The lowest BCUT2D eigenvalue weighted by molar-refractivity contribution is 0.627. The molecule has 0 fully saturated rings. The quantitative estimate of drug-likeness (QED) is 0.879. The number of nitrogens with one attached hydrogen (secondary N) is 1. The first-order valence-corrected chi connectivity index (χ1v) is 5.37. The maximum absolute atomic E-state index is 13.2. The summed E-state index contributed by atoms with van der Waals surface area (Å²) < 4.78 is 13.2. The van der Waals surface area contributed by atoms with Crippen LogP contribution in [0.15, 0.2) is 24.3 Å². The summed E-state index contributed by atoms with van der Waals surface area (Å²) in [5.74, 6) is -0.0396. The molecule has 90 valence electrons. The highest BCUT2D eigenvalue weighted by molar-refractivity contribution is 5.55. The van der Waals surface area contributed by atoms with Gasteiger partial charge in [0.2, 0.25) is 5.95 Å². The predicted molar refractivity (Wildman–Crippen MR) is 65.9 cm³/mol. The van der Waals surface area contributed by atoms with Gasteiger partial charge >= 0.3 is 0 Å². The van der Waals surface area contributed by atoms with Crippen LogP contribution in [0.25, 0.3) is 0 Å². The standard InChI is InChI=1S/C13H11FN4/c1-8-3-10(14)6-11(4-8)17-13-16-9(2)5-12(7-15)18-13/h3-6H,1-2H3,(H,16,17,18). The molecular formula is C13H11FN4. The minimum absolute atomic E-state index is 0.276. The number of nitrogens with zero attached hydrogens (tertiary/aromatic N) is 3. The molecule has 5 heteroatoms. The van der Waals surface area contributed by atoms with E-state index in [1.807, 2.05) is 6.07 Å². The largest absolute Gasteiger partial charge is 0.324 e. The fourth-order valence-corrected chi connectivity index (χ4v) is 1.62. The van der Waals surface area contributed by atoms with Gasteiger partial charge in [-0.15, -0.1) is 0 Å². The van der Waals surface area contributed by atoms with Gasteiger partial charge < -0.3 is 5.32 Å². The van der Waals surface area contributed by atoms with E-state index in [4.69, 9.17) is 5.26 Å². The lowest BCUT2D eigenvalue weighted by atomic mass is 10.2. The highest BCUT2D eigenvalue weighted by Crippen LogP contribution is 2.17. The Bertz CT molecular complexity index is 611. The SMILES string of the molecule is Cc1cc(F)cc(Nc2nc(C)cc(C#N)n2)c1. The maximum Gasteiger partial charge on any atom is 0.228 e. The minimum Gasteiger partial charge on any atom is -0.324 e. The minimum atomic E-state index is -0.328. The third-order valence-electron chi connectivity index (χ3n) is 2.27. The van der Waals surface area contributed by atoms with Crippen LogP contribution in [0.3, 0.4) is 0 Å². The van der Waals surface area contributed by atoms with Crippen LogP contribution in [0.5, 0.6) is 0 Å². The van der Waals surface area contributed by atoms with E-state index in [1.165, 1.54) is 12.1 Å². The van der Waals surface area contributed by atoms with Crippen molar-refractivity contribution in [3.63, 3.8) is 0 Å². The number of aromatic nitrogens is 2. The van der Waals surface area contributed by atoms with Crippen LogP contribution in [-0.2, 0) is 0 Å². The molecular weight excluding hydrogens is 231 g/mol. The molecule has 1 heterocycles. The number of halogens is 1. The number of aryl methyl sites for hydroxylation is 2. The van der Waals surface area contributed by atoms with Crippen molar-refractivity contribution in [3.8, 4) is 6.07 Å². The van der Waals surface area contributed by atoms with Crippen molar-refractivity contribution in [2.45, 2.75) is 13.8 Å². The molecule has 18 heavy (non-hydrogen) atoms. The highest BCUT2D eigenvalue weighted by Gasteiger charge is 2.04. The lowest BCUT2D eigenvalue weighted by Crippen LogP contribution is -2.00. The molecule has 1 aromatic carbocycles. The molecule has 4 nitrogen and oxygen atoms in total. The topological polar surface area (TPSA) is 61.6 Å². The second-order valence-electron chi connectivity index (χ2n) is 3.97. The zero-order valence-electron chi connectivity index (χ0n) is 10.0. The average Bonchev–Trinajstić information content (AvgIpc) is 2.26. The molecule has 0 unspecified atom stereocenters. The van der Waals surface area contributed by atoms with Crippen molar-refractivity contribution >= 4 is 11.6 Å². The van der Waals surface area contributed by atoms with E-state index >= 15 is 0 Å². The Hall–Kier alpha value is -2.48. The van der Waals surface area contributed by atoms with Crippen molar-refractivity contribution in [2.75, 3.05) is 5.32 Å². The summed E-state index contributed by atoms with van der Waals surface area (Å²) in [6, 6.07) is 8.10. The van der Waals surface area contributed by atoms with Gasteiger partial charge in [0, 0.05) is 11.4 Å². The monoisotopic (exact) mass is 242 g/mol. The summed E-state index contributed by atoms with van der Waals surface area (Å²) in [7, 11) is 0. The van der Waals surface area contributed by atoms with E-state index in [0.717, 1.165) is 5.56 Å². The zero-order chi connectivity index (χ0) is 13.1. The van der Waals surface area contributed by atoms with Gasteiger partial charge in [0.05, 0.1) is 0 Å². The van der Waals surface area contributed by atoms with Crippen LogP contribution in [0, 0.1) is 31.0 Å². The van der Waals surface area contributed by atoms with E-state index in [1.54, 1.807) is 26.0 Å². The Kier molecular flexibility index (Phi) is 3.20. The summed E-state index contributed by atoms with van der Waals surface area (Å²) in [5.41, 5.74) is 2.31. The molecule has 0 saturated carbocycles. The molecule has 0 aliphatic heterocycles. The number of anilines is 2. The third kappa shape index (κ3) is 2.80. The maximum atomic E-state index is 13.2. The lowest BCUT2D eigenvalue weighted by Gasteiger charge is -2.07. The number of hydrogen-bond donors (Lipinski definition) is 1. The van der Waals surface area contributed by atoms with Crippen LogP contribution in [0.2, 0.25) is 0 Å². The Morgan fingerprint density at radius 3 is 2.61 bits per heavy atom. The summed E-state index contributed by atoms with van der Waals surface area (Å²) in [6.45, 7) is 3.57. The Morgan fingerprint density at radius 2 is 1.94 bits per heavy atom. The average molecular weight is 242 g/mol. The Morgan fingerprint density at radius 1 is 1.17 bits per heavy atom. The second-order valence-corrected chi connectivity index (χ2v) is 3.97. The van der Waals surface area contributed by atoms with Crippen molar-refractivity contribution in [3.05, 3.63) is 47.0 Å². The predicted octanol–water partition coefficient (Wildman–Crippen LogP) is 2.85. The van der Waals surface area contributed by atoms with Gasteiger partial charge in [0.1, 0.15) is 17.6 Å². The van der Waals surface area contributed by atoms with Gasteiger partial charge in [0.25, 0.3) is 0 Å². The zero-order valence-corrected chi connectivity index (χ0v) is 10.0. The fourth-order valence-electron chi connectivity index (χ4n) is 1.62. The number of benzene rings is 1. The molecule has 0 radical (unpaired) electrons. The Balaban J connectivity index is 2.34. The first-order chi connectivity index (χ1) is 8.56. The van der Waals surface area contributed by atoms with E-state index < -0.39 is 0 Å². The van der Waals surface area contributed by atoms with Gasteiger partial charge in [0.15, 0.2) is 0 Å². The first-order valence-electron chi connectivity index (χ1n) is 5.37. The van der Waals surface area contributed by atoms with Crippen molar-refractivity contribution < 1.29 is 4.39 Å². The molecule has 0 amide bonds. The molecule has 1 aromatic heterocycles. The number of rotatable bonds is 2. The van der Waals surface area contributed by atoms with Crippen LogP contribution in [-0.4, -0.2) is 9.97 Å². The van der Waals surface area contributed by atoms with Crippen LogP contribution < -0.4 is 5.32 Å². The highest BCUT2D eigenvalue weighted by atomic mass is 19.1. The molecule has 0 spiro atoms. The van der Waals surface area contributed by atoms with Gasteiger partial charge in [-0.1, -0.05) is 0 Å². The molecule has 0 aliphatic carbocycles. The second kappa shape index (κ2) is 4.80. The van der Waals surface area contributed by atoms with E-state index in [0.29, 0.717) is 11.4 Å². The van der Waals surface area contributed by atoms with Crippen LogP contribution in [0.4, 0.5) is 16.0 Å². The van der Waals surface area contributed by atoms with Gasteiger partial charge in [-0.25, -0.2) is 14.4 Å². The third-order valence-corrected chi connectivity index (χ3v) is 2.27. The van der Waals surface area contributed by atoms with E-state index in [-0.39, 0.29) is 17.5 Å². The number of hydrogen-bond acceptors (Lipinski definition) is 4. The van der Waals surface area contributed by atoms with Crippen molar-refractivity contribution in [1.29, 1.82) is 5.26 Å². The summed E-state index contributed by atoms with van der Waals surface area (Å²) in [4.78, 5) is 8.14. The van der Waals surface area contributed by atoms with Gasteiger partial charge in [-0.3, -0.25) is 0 Å². The molecule has 2 aromatic rings. The van der Waals surface area contributed by atoms with E-state index in [2.05, 4.69) is 15.3 Å². The molecule has 0 atom stereocenters. The summed E-state index contributed by atoms with van der Waals surface area (Å²) >= 11 is 0. The van der Waals surface area contributed by atoms with E-state index in [9.17, 15) is 4.39 Å². The van der Waals surface area contributed by atoms with Crippen LogP contribution >= 0.6 is 0 Å². The smallest absolute Gasteiger partial charge is 0.228 e. The van der Waals surface area contributed by atoms with Crippen LogP contribution in [0.1, 0.15) is 17.0 Å². The van der Waals surface area contributed by atoms with Gasteiger partial charge in [-0.2, -0.15) is 5.26 Å². The van der Waals surface area contributed by atoms with Gasteiger partial charge in [-0.05, 0) is 43.7 Å². The molecule has 2 rings (SSSR count).